The summed E-state index contributed by atoms with van der Waals surface area (Å²) in [6, 6.07) is 0.458. The number of nitrogens with one attached hydrogen (secondary N) is 1. The number of hydrogen-bond donors (Lipinski definition) is 2. The van der Waals surface area contributed by atoms with E-state index in [1.807, 2.05) is 4.72 Å². The second kappa shape index (κ2) is 5.34. The Bertz CT molecular complexity index is 613. The highest BCUT2D eigenvalue weighted by atomic mass is 32.2. The van der Waals surface area contributed by atoms with Crippen molar-refractivity contribution in [3.8, 4) is 0 Å². The van der Waals surface area contributed by atoms with Crippen LogP contribution in [0.3, 0.4) is 0 Å². The first kappa shape index (κ1) is 15.3. The monoisotopic (exact) mass is 309 g/mol. The molecule has 1 fully saturated rings. The van der Waals surface area contributed by atoms with Gasteiger partial charge >= 0.3 is 0 Å². The van der Waals surface area contributed by atoms with Crippen molar-refractivity contribution in [1.29, 1.82) is 0 Å². The summed E-state index contributed by atoms with van der Waals surface area (Å²) in [4.78, 5) is -0.974. The van der Waals surface area contributed by atoms with E-state index in [1.54, 1.807) is 0 Å². The van der Waals surface area contributed by atoms with E-state index in [0.29, 0.717) is 12.8 Å². The van der Waals surface area contributed by atoms with Crippen molar-refractivity contribution in [3.05, 3.63) is 29.6 Å². The quantitative estimate of drug-likeness (QED) is 0.832. The van der Waals surface area contributed by atoms with Crippen molar-refractivity contribution in [2.75, 3.05) is 6.54 Å². The smallest absolute Gasteiger partial charge is 0.243 e. The van der Waals surface area contributed by atoms with E-state index in [0.717, 1.165) is 12.8 Å². The van der Waals surface area contributed by atoms with Crippen molar-refractivity contribution in [2.24, 2.45) is 0 Å². The summed E-state index contributed by atoms with van der Waals surface area (Å²) < 4.78 is 65.0. The highest BCUT2D eigenvalue weighted by molar-refractivity contribution is 7.89. The van der Waals surface area contributed by atoms with Crippen LogP contribution in [0, 0.1) is 17.5 Å². The predicted molar refractivity (Wildman–Crippen MR) is 64.9 cm³/mol. The Morgan fingerprint density at radius 2 is 1.65 bits per heavy atom. The molecule has 2 N–H and O–H groups in total. The molecule has 0 spiro atoms. The Balaban J connectivity index is 2.20. The molecule has 0 radical (unpaired) electrons. The van der Waals surface area contributed by atoms with Crippen LogP contribution in [0.2, 0.25) is 0 Å². The van der Waals surface area contributed by atoms with Gasteiger partial charge in [-0.2, -0.15) is 0 Å². The number of halogens is 3. The van der Waals surface area contributed by atoms with Gasteiger partial charge in [0.2, 0.25) is 10.0 Å². The van der Waals surface area contributed by atoms with Gasteiger partial charge in [0, 0.05) is 12.6 Å². The molecule has 0 amide bonds. The third-order valence-corrected chi connectivity index (χ3v) is 4.81. The Morgan fingerprint density at radius 3 is 2.25 bits per heavy atom. The van der Waals surface area contributed by atoms with Crippen LogP contribution in [-0.2, 0) is 10.0 Å². The highest BCUT2D eigenvalue weighted by Crippen LogP contribution is 2.29. The maximum atomic E-state index is 13.4. The average molecular weight is 309 g/mol. The Morgan fingerprint density at radius 1 is 1.10 bits per heavy atom. The van der Waals surface area contributed by atoms with Crippen LogP contribution in [0.5, 0.6) is 0 Å². The minimum Gasteiger partial charge on any atom is -0.389 e. The molecule has 2 rings (SSSR count). The number of sulfonamides is 1. The van der Waals surface area contributed by atoms with Gasteiger partial charge in [0.15, 0.2) is 11.6 Å². The van der Waals surface area contributed by atoms with Crippen LogP contribution in [0.1, 0.15) is 25.7 Å². The maximum absolute atomic E-state index is 13.4. The minimum atomic E-state index is -4.35. The fraction of sp³-hybridized carbons (Fsp3) is 0.500. The molecule has 0 unspecified atom stereocenters. The Hall–Kier alpha value is -1.12. The van der Waals surface area contributed by atoms with Crippen LogP contribution >= 0.6 is 0 Å². The molecule has 0 atom stereocenters. The van der Waals surface area contributed by atoms with Crippen LogP contribution < -0.4 is 4.72 Å². The number of benzene rings is 1. The number of rotatable bonds is 4. The third-order valence-electron chi connectivity index (χ3n) is 3.39. The topological polar surface area (TPSA) is 66.4 Å². The first-order valence-corrected chi connectivity index (χ1v) is 7.58. The molecule has 20 heavy (non-hydrogen) atoms. The van der Waals surface area contributed by atoms with Gasteiger partial charge in [0.1, 0.15) is 10.7 Å². The van der Waals surface area contributed by atoms with Crippen LogP contribution in [0.15, 0.2) is 17.0 Å². The van der Waals surface area contributed by atoms with E-state index < -0.39 is 38.0 Å². The third kappa shape index (κ3) is 3.13. The SMILES string of the molecule is O=S(=O)(NCC1(O)CCCC1)c1cc(F)c(F)cc1F. The van der Waals surface area contributed by atoms with E-state index in [2.05, 4.69) is 0 Å². The molecule has 0 heterocycles. The lowest BCUT2D eigenvalue weighted by atomic mass is 10.0. The molecular formula is C12H14F3NO3S. The first-order valence-electron chi connectivity index (χ1n) is 6.10. The van der Waals surface area contributed by atoms with Gasteiger partial charge < -0.3 is 5.11 Å². The molecule has 8 heteroatoms. The zero-order valence-corrected chi connectivity index (χ0v) is 11.3. The fourth-order valence-electron chi connectivity index (χ4n) is 2.23. The van der Waals surface area contributed by atoms with E-state index in [1.165, 1.54) is 0 Å². The molecule has 4 nitrogen and oxygen atoms in total. The van der Waals surface area contributed by atoms with Crippen molar-refractivity contribution >= 4 is 10.0 Å². The van der Waals surface area contributed by atoms with Gasteiger partial charge in [-0.1, -0.05) is 12.8 Å². The van der Waals surface area contributed by atoms with Gasteiger partial charge in [-0.25, -0.2) is 26.3 Å². The standard InChI is InChI=1S/C12H14F3NO3S/c13-8-5-10(15)11(6-9(8)14)20(18,19)16-7-12(17)3-1-2-4-12/h5-6,16-17H,1-4,7H2. The molecular weight excluding hydrogens is 295 g/mol. The maximum Gasteiger partial charge on any atom is 0.243 e. The summed E-state index contributed by atoms with van der Waals surface area (Å²) in [5, 5.41) is 10.0. The lowest BCUT2D eigenvalue weighted by Gasteiger charge is -2.22. The van der Waals surface area contributed by atoms with Crippen LogP contribution in [-0.4, -0.2) is 25.7 Å². The molecule has 1 aromatic rings. The predicted octanol–water partition coefficient (Wildman–Crippen LogP) is 1.69. The molecule has 0 bridgehead atoms. The van der Waals surface area contributed by atoms with E-state index in [-0.39, 0.29) is 18.7 Å². The second-order valence-corrected chi connectivity index (χ2v) is 6.69. The lowest BCUT2D eigenvalue weighted by molar-refractivity contribution is 0.0531. The minimum absolute atomic E-state index is 0.175. The van der Waals surface area contributed by atoms with E-state index in [4.69, 9.17) is 0 Å². The van der Waals surface area contributed by atoms with Crippen molar-refractivity contribution in [3.63, 3.8) is 0 Å². The summed E-state index contributed by atoms with van der Waals surface area (Å²) in [7, 11) is -4.35. The summed E-state index contributed by atoms with van der Waals surface area (Å²) in [5.74, 6) is -4.29. The fourth-order valence-corrected chi connectivity index (χ4v) is 3.42. The summed E-state index contributed by atoms with van der Waals surface area (Å²) in [6.45, 7) is -0.284. The van der Waals surface area contributed by atoms with Gasteiger partial charge in [0.05, 0.1) is 5.60 Å². The summed E-state index contributed by atoms with van der Waals surface area (Å²) in [5.41, 5.74) is -1.16. The van der Waals surface area contributed by atoms with Gasteiger partial charge in [-0.3, -0.25) is 0 Å². The van der Waals surface area contributed by atoms with Crippen LogP contribution in [0.4, 0.5) is 13.2 Å². The molecule has 1 saturated carbocycles. The first-order chi connectivity index (χ1) is 9.23. The molecule has 112 valence electrons. The normalized spacial score (nSPS) is 18.4. The Kier molecular flexibility index (Phi) is 4.08. The highest BCUT2D eigenvalue weighted by Gasteiger charge is 2.33. The van der Waals surface area contributed by atoms with Crippen molar-refractivity contribution in [1.82, 2.24) is 4.72 Å². The number of hydrogen-bond acceptors (Lipinski definition) is 3. The lowest BCUT2D eigenvalue weighted by Crippen LogP contribution is -2.41. The van der Waals surface area contributed by atoms with E-state index >= 15 is 0 Å². The zero-order valence-electron chi connectivity index (χ0n) is 10.5. The van der Waals surface area contributed by atoms with Crippen molar-refractivity contribution < 1.29 is 26.7 Å². The Labute approximate surface area is 114 Å². The molecule has 0 saturated heterocycles. The van der Waals surface area contributed by atoms with Crippen LogP contribution in [0.25, 0.3) is 0 Å². The second-order valence-electron chi connectivity index (χ2n) is 4.95. The molecule has 0 aliphatic heterocycles. The van der Waals surface area contributed by atoms with Crippen molar-refractivity contribution in [2.45, 2.75) is 36.2 Å². The molecule has 0 aromatic heterocycles. The summed E-state index contributed by atoms with van der Waals surface area (Å²) in [6.07, 6.45) is 2.43. The average Bonchev–Trinajstić information content (AvgIpc) is 2.79. The zero-order chi connectivity index (χ0) is 15.0. The summed E-state index contributed by atoms with van der Waals surface area (Å²) >= 11 is 0. The molecule has 1 aromatic carbocycles. The molecule has 1 aliphatic carbocycles. The van der Waals surface area contributed by atoms with Gasteiger partial charge in [-0.05, 0) is 18.9 Å². The largest absolute Gasteiger partial charge is 0.389 e. The van der Waals surface area contributed by atoms with E-state index in [9.17, 15) is 26.7 Å². The van der Waals surface area contributed by atoms with Gasteiger partial charge in [-0.15, -0.1) is 0 Å². The van der Waals surface area contributed by atoms with Gasteiger partial charge in [0.25, 0.3) is 0 Å². The number of aliphatic hydroxyl groups is 1. The molecule has 1 aliphatic rings.